The van der Waals surface area contributed by atoms with E-state index in [2.05, 4.69) is 21.2 Å². The maximum atomic E-state index is 13.6. The number of rotatable bonds is 13. The average Bonchev–Trinajstić information content (AvgIpc) is 2.91. The van der Waals surface area contributed by atoms with Crippen LogP contribution in [-0.2, 0) is 22.6 Å². The molecule has 0 spiro atoms. The Kier molecular flexibility index (Phi) is 11.5. The number of hydrogen-bond donors (Lipinski definition) is 1. The Hall–Kier alpha value is -2.83. The minimum atomic E-state index is -0.635. The Morgan fingerprint density at radius 1 is 0.973 bits per heavy atom. The number of hydrogen-bond acceptors (Lipinski definition) is 3. The van der Waals surface area contributed by atoms with Crippen molar-refractivity contribution in [2.45, 2.75) is 58.2 Å². The Balaban J connectivity index is 1.78. The molecule has 1 N–H and O–H groups in total. The van der Waals surface area contributed by atoms with Gasteiger partial charge in [0.1, 0.15) is 11.8 Å². The van der Waals surface area contributed by atoms with Gasteiger partial charge in [0.25, 0.3) is 0 Å². The van der Waals surface area contributed by atoms with Crippen molar-refractivity contribution < 1.29 is 14.3 Å². The maximum absolute atomic E-state index is 13.6. The number of carbonyl (C=O) groups is 2. The molecule has 3 aromatic carbocycles. The summed E-state index contributed by atoms with van der Waals surface area (Å²) in [5.41, 5.74) is 1.97. The number of benzene rings is 3. The van der Waals surface area contributed by atoms with Gasteiger partial charge in [0, 0.05) is 34.9 Å². The molecule has 2 atom stereocenters. The number of ether oxygens (including phenoxy) is 1. The van der Waals surface area contributed by atoms with Crippen LogP contribution in [0.2, 0.25) is 5.02 Å². The molecule has 0 aromatic heterocycles. The molecule has 0 heterocycles. The van der Waals surface area contributed by atoms with Gasteiger partial charge >= 0.3 is 0 Å². The number of nitrogens with zero attached hydrogens (tertiary/aromatic N) is 1. The lowest BCUT2D eigenvalue weighted by molar-refractivity contribution is -0.141. The topological polar surface area (TPSA) is 58.6 Å². The van der Waals surface area contributed by atoms with Crippen molar-refractivity contribution in [1.82, 2.24) is 10.2 Å². The van der Waals surface area contributed by atoms with Crippen molar-refractivity contribution in [2.75, 3.05) is 6.61 Å². The number of nitrogens with one attached hydrogen (secondary N) is 1. The van der Waals surface area contributed by atoms with E-state index in [-0.39, 0.29) is 24.3 Å². The van der Waals surface area contributed by atoms with Crippen LogP contribution in [0.3, 0.4) is 0 Å². The molecule has 3 aromatic rings. The standard InChI is InChI=1S/C30H34BrClN2O3/c1-3-22(2)33-30(36)28(20-23-8-5-4-6-9-23)34(21-24-11-13-25(31)14-12-24)29(35)10-7-19-37-27-17-15-26(32)16-18-27/h4-6,8-9,11-18,22,28H,3,7,10,19-21H2,1-2H3,(H,33,36)/t22-,28-/m1/s1. The Morgan fingerprint density at radius 2 is 1.65 bits per heavy atom. The molecule has 2 amide bonds. The van der Waals surface area contributed by atoms with E-state index in [0.717, 1.165) is 22.0 Å². The summed E-state index contributed by atoms with van der Waals surface area (Å²) in [5.74, 6) is 0.488. The smallest absolute Gasteiger partial charge is 0.243 e. The Bertz CT molecular complexity index is 1120. The van der Waals surface area contributed by atoms with E-state index in [1.165, 1.54) is 0 Å². The summed E-state index contributed by atoms with van der Waals surface area (Å²) in [6.45, 7) is 4.74. The van der Waals surface area contributed by atoms with Gasteiger partial charge in [-0.15, -0.1) is 0 Å². The van der Waals surface area contributed by atoms with Crippen molar-refractivity contribution >= 4 is 39.3 Å². The van der Waals surface area contributed by atoms with E-state index in [9.17, 15) is 9.59 Å². The normalized spacial score (nSPS) is 12.4. The molecule has 0 aliphatic rings. The fourth-order valence-electron chi connectivity index (χ4n) is 3.87. The largest absolute Gasteiger partial charge is 0.494 e. The summed E-state index contributed by atoms with van der Waals surface area (Å²) in [6.07, 6.45) is 2.05. The second-order valence-corrected chi connectivity index (χ2v) is 10.4. The van der Waals surface area contributed by atoms with E-state index < -0.39 is 6.04 Å². The predicted molar refractivity (Wildman–Crippen MR) is 153 cm³/mol. The lowest BCUT2D eigenvalue weighted by atomic mass is 10.0. The van der Waals surface area contributed by atoms with E-state index in [4.69, 9.17) is 16.3 Å². The quantitative estimate of drug-likeness (QED) is 0.224. The van der Waals surface area contributed by atoms with Crippen LogP contribution >= 0.6 is 27.5 Å². The molecule has 0 fully saturated rings. The van der Waals surface area contributed by atoms with E-state index in [1.54, 1.807) is 29.2 Å². The summed E-state index contributed by atoms with van der Waals surface area (Å²) >= 11 is 9.41. The van der Waals surface area contributed by atoms with Crippen molar-refractivity contribution in [1.29, 1.82) is 0 Å². The van der Waals surface area contributed by atoms with Crippen LogP contribution in [0.5, 0.6) is 5.75 Å². The molecule has 0 radical (unpaired) electrons. The van der Waals surface area contributed by atoms with Gasteiger partial charge in [-0.05, 0) is 67.3 Å². The first-order chi connectivity index (χ1) is 17.9. The molecule has 37 heavy (non-hydrogen) atoms. The molecule has 0 saturated heterocycles. The lowest BCUT2D eigenvalue weighted by Gasteiger charge is -2.32. The van der Waals surface area contributed by atoms with Gasteiger partial charge in [-0.2, -0.15) is 0 Å². The van der Waals surface area contributed by atoms with Gasteiger partial charge in [0.2, 0.25) is 11.8 Å². The second-order valence-electron chi connectivity index (χ2n) is 9.08. The zero-order valence-electron chi connectivity index (χ0n) is 21.3. The molecule has 0 saturated carbocycles. The molecule has 0 aliphatic heterocycles. The summed E-state index contributed by atoms with van der Waals surface area (Å²) < 4.78 is 6.74. The van der Waals surface area contributed by atoms with Crippen molar-refractivity contribution in [2.24, 2.45) is 0 Å². The highest BCUT2D eigenvalue weighted by molar-refractivity contribution is 9.10. The van der Waals surface area contributed by atoms with Crippen LogP contribution in [0.1, 0.15) is 44.2 Å². The molecule has 7 heteroatoms. The van der Waals surface area contributed by atoms with Crippen molar-refractivity contribution in [3.63, 3.8) is 0 Å². The molecule has 196 valence electrons. The van der Waals surface area contributed by atoms with Crippen LogP contribution in [0.25, 0.3) is 0 Å². The minimum Gasteiger partial charge on any atom is -0.494 e. The van der Waals surface area contributed by atoms with Gasteiger partial charge in [0.05, 0.1) is 6.61 Å². The van der Waals surface area contributed by atoms with Gasteiger partial charge in [0.15, 0.2) is 0 Å². The minimum absolute atomic E-state index is 0.0168. The molecular weight excluding hydrogens is 552 g/mol. The molecule has 0 aliphatic carbocycles. The van der Waals surface area contributed by atoms with Crippen LogP contribution in [0.15, 0.2) is 83.3 Å². The molecule has 3 rings (SSSR count). The van der Waals surface area contributed by atoms with Gasteiger partial charge in [-0.25, -0.2) is 0 Å². The first kappa shape index (κ1) is 28.7. The fourth-order valence-corrected chi connectivity index (χ4v) is 4.26. The van der Waals surface area contributed by atoms with E-state index in [1.807, 2.05) is 68.4 Å². The summed E-state index contributed by atoms with van der Waals surface area (Å²) in [7, 11) is 0. The Morgan fingerprint density at radius 3 is 2.30 bits per heavy atom. The zero-order chi connectivity index (χ0) is 26.6. The maximum Gasteiger partial charge on any atom is 0.243 e. The first-order valence-corrected chi connectivity index (χ1v) is 13.8. The molecule has 5 nitrogen and oxygen atoms in total. The Labute approximate surface area is 233 Å². The summed E-state index contributed by atoms with van der Waals surface area (Å²) in [5, 5.41) is 3.74. The zero-order valence-corrected chi connectivity index (χ0v) is 23.7. The van der Waals surface area contributed by atoms with Crippen molar-refractivity contribution in [3.05, 3.63) is 99.5 Å². The third-order valence-corrected chi connectivity index (χ3v) is 6.94. The number of carbonyl (C=O) groups excluding carboxylic acids is 2. The van der Waals surface area contributed by atoms with Crippen LogP contribution < -0.4 is 10.1 Å². The van der Waals surface area contributed by atoms with Crippen LogP contribution in [0.4, 0.5) is 0 Å². The predicted octanol–water partition coefficient (Wildman–Crippen LogP) is 6.82. The molecular formula is C30H34BrClN2O3. The van der Waals surface area contributed by atoms with Crippen LogP contribution in [-0.4, -0.2) is 35.4 Å². The third kappa shape index (κ3) is 9.52. The highest BCUT2D eigenvalue weighted by atomic mass is 79.9. The van der Waals surface area contributed by atoms with E-state index in [0.29, 0.717) is 36.8 Å². The van der Waals surface area contributed by atoms with Gasteiger partial charge in [-0.3, -0.25) is 9.59 Å². The number of halogens is 2. The second kappa shape index (κ2) is 14.8. The highest BCUT2D eigenvalue weighted by Gasteiger charge is 2.30. The number of amides is 2. The van der Waals surface area contributed by atoms with Crippen molar-refractivity contribution in [3.8, 4) is 5.75 Å². The van der Waals surface area contributed by atoms with Gasteiger partial charge in [-0.1, -0.05) is 76.9 Å². The molecule has 0 unspecified atom stereocenters. The molecule has 0 bridgehead atoms. The SMILES string of the molecule is CC[C@@H](C)NC(=O)[C@@H](Cc1ccccc1)N(Cc1ccc(Br)cc1)C(=O)CCCOc1ccc(Cl)cc1. The van der Waals surface area contributed by atoms with Crippen LogP contribution in [0, 0.1) is 0 Å². The third-order valence-electron chi connectivity index (χ3n) is 6.16. The summed E-state index contributed by atoms with van der Waals surface area (Å²) in [6, 6.07) is 24.2. The first-order valence-electron chi connectivity index (χ1n) is 12.6. The van der Waals surface area contributed by atoms with E-state index >= 15 is 0 Å². The average molecular weight is 586 g/mol. The fraction of sp³-hybridized carbons (Fsp3) is 0.333. The lowest BCUT2D eigenvalue weighted by Crippen LogP contribution is -2.52. The monoisotopic (exact) mass is 584 g/mol. The highest BCUT2D eigenvalue weighted by Crippen LogP contribution is 2.19. The summed E-state index contributed by atoms with van der Waals surface area (Å²) in [4.78, 5) is 28.8. The van der Waals surface area contributed by atoms with Gasteiger partial charge < -0.3 is 15.0 Å².